The Kier molecular flexibility index (Phi) is 5.27. The van der Waals surface area contributed by atoms with Crippen LogP contribution in [0.4, 0.5) is 5.69 Å². The molecule has 2 aliphatic rings. The first-order chi connectivity index (χ1) is 12.0. The number of halogens is 1. The Hall–Kier alpha value is -2.08. The summed E-state index contributed by atoms with van der Waals surface area (Å²) in [5.74, 6) is -0.0594. The second-order valence-electron chi connectivity index (χ2n) is 6.46. The molecule has 0 atom stereocenters. The van der Waals surface area contributed by atoms with Gasteiger partial charge in [0.25, 0.3) is 5.91 Å². The monoisotopic (exact) mass is 363 g/mol. The van der Waals surface area contributed by atoms with Gasteiger partial charge in [0, 0.05) is 51.1 Å². The van der Waals surface area contributed by atoms with E-state index in [4.69, 9.17) is 11.6 Å². The zero-order valence-electron chi connectivity index (χ0n) is 14.3. The van der Waals surface area contributed by atoms with Gasteiger partial charge in [-0.3, -0.25) is 14.4 Å². The van der Waals surface area contributed by atoms with Gasteiger partial charge in [-0.25, -0.2) is 0 Å². The Morgan fingerprint density at radius 2 is 1.72 bits per heavy atom. The summed E-state index contributed by atoms with van der Waals surface area (Å²) in [6.45, 7) is 4.45. The molecular weight excluding hydrogens is 342 g/mol. The van der Waals surface area contributed by atoms with Crippen LogP contribution in [0.2, 0.25) is 5.02 Å². The molecule has 3 rings (SSSR count). The van der Waals surface area contributed by atoms with Crippen LogP contribution in [0, 0.1) is 0 Å². The summed E-state index contributed by atoms with van der Waals surface area (Å²) in [4.78, 5) is 41.9. The number of carbonyl (C=O) groups is 3. The number of hydrogen-bond acceptors (Lipinski definition) is 3. The summed E-state index contributed by atoms with van der Waals surface area (Å²) in [6.07, 6.45) is 2.03. The van der Waals surface area contributed by atoms with E-state index in [1.165, 1.54) is 0 Å². The Balaban J connectivity index is 1.84. The fourth-order valence-electron chi connectivity index (χ4n) is 3.42. The van der Waals surface area contributed by atoms with Crippen molar-refractivity contribution in [3.63, 3.8) is 0 Å². The third-order valence-electron chi connectivity index (χ3n) is 4.78. The summed E-state index contributed by atoms with van der Waals surface area (Å²) < 4.78 is 0. The molecule has 7 heteroatoms. The van der Waals surface area contributed by atoms with E-state index >= 15 is 0 Å². The zero-order chi connectivity index (χ0) is 18.0. The molecule has 0 bridgehead atoms. The lowest BCUT2D eigenvalue weighted by Crippen LogP contribution is -2.37. The van der Waals surface area contributed by atoms with E-state index < -0.39 is 0 Å². The molecule has 2 fully saturated rings. The molecule has 2 heterocycles. The van der Waals surface area contributed by atoms with Gasteiger partial charge in [-0.05, 0) is 31.0 Å². The SMILES string of the molecule is CC(=O)N1CCCN(C(=O)c2ccc(Cl)cc2N2CCCC2=O)CC1. The highest BCUT2D eigenvalue weighted by atomic mass is 35.5. The van der Waals surface area contributed by atoms with Gasteiger partial charge in [0.05, 0.1) is 11.3 Å². The molecule has 0 unspecified atom stereocenters. The maximum absolute atomic E-state index is 13.1. The lowest BCUT2D eigenvalue weighted by atomic mass is 10.1. The number of carbonyl (C=O) groups excluding carboxylic acids is 3. The van der Waals surface area contributed by atoms with Crippen molar-refractivity contribution in [1.29, 1.82) is 0 Å². The van der Waals surface area contributed by atoms with Crippen LogP contribution in [0.3, 0.4) is 0 Å². The van der Waals surface area contributed by atoms with Gasteiger partial charge in [0.2, 0.25) is 11.8 Å². The van der Waals surface area contributed by atoms with Gasteiger partial charge in [-0.1, -0.05) is 11.6 Å². The second-order valence-corrected chi connectivity index (χ2v) is 6.90. The molecule has 0 radical (unpaired) electrons. The minimum atomic E-state index is -0.114. The van der Waals surface area contributed by atoms with Crippen LogP contribution in [0.5, 0.6) is 0 Å². The summed E-state index contributed by atoms with van der Waals surface area (Å²) >= 11 is 6.11. The number of nitrogens with zero attached hydrogens (tertiary/aromatic N) is 3. The van der Waals surface area contributed by atoms with E-state index in [2.05, 4.69) is 0 Å². The van der Waals surface area contributed by atoms with Crippen molar-refractivity contribution in [3.05, 3.63) is 28.8 Å². The minimum Gasteiger partial charge on any atom is -0.341 e. The minimum absolute atomic E-state index is 0.0231. The van der Waals surface area contributed by atoms with Crippen LogP contribution < -0.4 is 4.90 Å². The van der Waals surface area contributed by atoms with Gasteiger partial charge in [0.15, 0.2) is 0 Å². The third kappa shape index (κ3) is 3.79. The van der Waals surface area contributed by atoms with Crippen molar-refractivity contribution in [1.82, 2.24) is 9.80 Å². The fraction of sp³-hybridized carbons (Fsp3) is 0.500. The molecule has 2 aliphatic heterocycles. The molecule has 2 saturated heterocycles. The molecule has 1 aromatic rings. The highest BCUT2D eigenvalue weighted by molar-refractivity contribution is 6.31. The molecule has 0 N–H and O–H groups in total. The molecule has 25 heavy (non-hydrogen) atoms. The number of hydrogen-bond donors (Lipinski definition) is 0. The summed E-state index contributed by atoms with van der Waals surface area (Å²) in [5, 5.41) is 0.505. The first-order valence-electron chi connectivity index (χ1n) is 8.62. The average molecular weight is 364 g/mol. The van der Waals surface area contributed by atoms with Crippen molar-refractivity contribution >= 4 is 35.0 Å². The lowest BCUT2D eigenvalue weighted by molar-refractivity contribution is -0.128. The molecule has 134 valence electrons. The molecule has 0 aliphatic carbocycles. The normalized spacial score (nSPS) is 18.5. The number of anilines is 1. The molecular formula is C18H22ClN3O3. The van der Waals surface area contributed by atoms with E-state index in [9.17, 15) is 14.4 Å². The topological polar surface area (TPSA) is 60.9 Å². The standard InChI is InChI=1S/C18H22ClN3O3/c1-13(23)20-7-3-8-21(11-10-20)18(25)15-6-5-14(19)12-16(15)22-9-2-4-17(22)24/h5-6,12H,2-4,7-11H2,1H3. The molecule has 1 aromatic carbocycles. The van der Waals surface area contributed by atoms with Gasteiger partial charge in [0.1, 0.15) is 0 Å². The summed E-state index contributed by atoms with van der Waals surface area (Å²) in [7, 11) is 0. The number of amides is 3. The molecule has 0 spiro atoms. The highest BCUT2D eigenvalue weighted by Gasteiger charge is 2.29. The predicted molar refractivity (Wildman–Crippen MR) is 95.8 cm³/mol. The zero-order valence-corrected chi connectivity index (χ0v) is 15.1. The molecule has 0 aromatic heterocycles. The van der Waals surface area contributed by atoms with E-state index in [-0.39, 0.29) is 17.7 Å². The molecule has 3 amide bonds. The maximum atomic E-state index is 13.1. The van der Waals surface area contributed by atoms with Crippen LogP contribution in [-0.4, -0.2) is 60.2 Å². The van der Waals surface area contributed by atoms with E-state index in [1.807, 2.05) is 0 Å². The van der Waals surface area contributed by atoms with E-state index in [0.29, 0.717) is 55.4 Å². The summed E-state index contributed by atoms with van der Waals surface area (Å²) in [5.41, 5.74) is 1.09. The van der Waals surface area contributed by atoms with Gasteiger partial charge >= 0.3 is 0 Å². The van der Waals surface area contributed by atoms with Crippen LogP contribution in [-0.2, 0) is 9.59 Å². The van der Waals surface area contributed by atoms with Crippen LogP contribution in [0.25, 0.3) is 0 Å². The third-order valence-corrected chi connectivity index (χ3v) is 5.02. The van der Waals surface area contributed by atoms with Crippen LogP contribution in [0.15, 0.2) is 18.2 Å². The smallest absolute Gasteiger partial charge is 0.256 e. The van der Waals surface area contributed by atoms with E-state index in [0.717, 1.165) is 12.8 Å². The van der Waals surface area contributed by atoms with E-state index in [1.54, 1.807) is 39.8 Å². The summed E-state index contributed by atoms with van der Waals surface area (Å²) in [6, 6.07) is 5.06. The van der Waals surface area contributed by atoms with Crippen molar-refractivity contribution in [2.75, 3.05) is 37.6 Å². The molecule has 0 saturated carbocycles. The highest BCUT2D eigenvalue weighted by Crippen LogP contribution is 2.29. The lowest BCUT2D eigenvalue weighted by Gasteiger charge is -2.25. The largest absolute Gasteiger partial charge is 0.341 e. The van der Waals surface area contributed by atoms with Gasteiger partial charge < -0.3 is 14.7 Å². The number of benzene rings is 1. The Bertz CT molecular complexity index is 707. The quantitative estimate of drug-likeness (QED) is 0.809. The molecule has 6 nitrogen and oxygen atoms in total. The van der Waals surface area contributed by atoms with Gasteiger partial charge in [-0.15, -0.1) is 0 Å². The van der Waals surface area contributed by atoms with Crippen molar-refractivity contribution < 1.29 is 14.4 Å². The second kappa shape index (κ2) is 7.44. The van der Waals surface area contributed by atoms with Crippen molar-refractivity contribution in [2.24, 2.45) is 0 Å². The first kappa shape index (κ1) is 17.7. The average Bonchev–Trinajstić information content (AvgIpc) is 2.85. The maximum Gasteiger partial charge on any atom is 0.256 e. The van der Waals surface area contributed by atoms with Crippen molar-refractivity contribution in [3.8, 4) is 0 Å². The van der Waals surface area contributed by atoms with Crippen LogP contribution >= 0.6 is 11.6 Å². The Labute approximate surface area is 152 Å². The number of rotatable bonds is 2. The van der Waals surface area contributed by atoms with Crippen LogP contribution in [0.1, 0.15) is 36.5 Å². The first-order valence-corrected chi connectivity index (χ1v) is 9.00. The predicted octanol–water partition coefficient (Wildman–Crippen LogP) is 2.16. The Morgan fingerprint density at radius 3 is 2.40 bits per heavy atom. The van der Waals surface area contributed by atoms with Crippen molar-refractivity contribution in [2.45, 2.75) is 26.2 Å². The van der Waals surface area contributed by atoms with Gasteiger partial charge in [-0.2, -0.15) is 0 Å². The fourth-order valence-corrected chi connectivity index (χ4v) is 3.58. The Morgan fingerprint density at radius 1 is 1.00 bits per heavy atom.